The number of carbonyl (C=O) groups excluding carboxylic acids is 1. The summed E-state index contributed by atoms with van der Waals surface area (Å²) >= 11 is 0. The highest BCUT2D eigenvalue weighted by molar-refractivity contribution is 7.90. The molecule has 1 amide bonds. The number of rotatable bonds is 12. The van der Waals surface area contributed by atoms with Crippen molar-refractivity contribution < 1.29 is 22.9 Å². The fraction of sp³-hybridized carbons (Fsp3) is 0.370. The van der Waals surface area contributed by atoms with Crippen molar-refractivity contribution in [1.82, 2.24) is 29.4 Å². The second kappa shape index (κ2) is 16.2. The monoisotopic (exact) mass is 840 g/mol. The average molecular weight is 841 g/mol. The molecule has 2 unspecified atom stereocenters. The molecular formula is C46H48N8O6S. The number of fused-ring (bicyclic) bond motifs is 2. The predicted molar refractivity (Wildman–Crippen MR) is 233 cm³/mol. The van der Waals surface area contributed by atoms with Crippen molar-refractivity contribution in [1.29, 1.82) is 0 Å². The molecule has 10 rings (SSSR count). The molecule has 1 saturated carbocycles. The van der Waals surface area contributed by atoms with Crippen molar-refractivity contribution in [3.63, 3.8) is 0 Å². The van der Waals surface area contributed by atoms with Gasteiger partial charge in [0.05, 0.1) is 32.8 Å². The van der Waals surface area contributed by atoms with Crippen molar-refractivity contribution in [3.05, 3.63) is 124 Å². The van der Waals surface area contributed by atoms with Gasteiger partial charge < -0.3 is 15.0 Å². The summed E-state index contributed by atoms with van der Waals surface area (Å²) in [6.07, 6.45) is 15.1. The number of sulfonamides is 1. The van der Waals surface area contributed by atoms with Crippen LogP contribution in [0.2, 0.25) is 0 Å². The zero-order valence-electron chi connectivity index (χ0n) is 33.8. The number of amides is 1. The highest BCUT2D eigenvalue weighted by atomic mass is 32.2. The van der Waals surface area contributed by atoms with Crippen molar-refractivity contribution in [2.75, 3.05) is 31.6 Å². The highest BCUT2D eigenvalue weighted by Gasteiger charge is 2.36. The lowest BCUT2D eigenvalue weighted by molar-refractivity contribution is -0.384. The molecule has 314 valence electrons. The van der Waals surface area contributed by atoms with Crippen molar-refractivity contribution in [3.8, 4) is 5.69 Å². The van der Waals surface area contributed by atoms with E-state index in [2.05, 4.69) is 55.4 Å². The van der Waals surface area contributed by atoms with Crippen LogP contribution in [0.15, 0.2) is 96.2 Å². The lowest BCUT2D eigenvalue weighted by atomic mass is 9.88. The van der Waals surface area contributed by atoms with Gasteiger partial charge in [-0.1, -0.05) is 36.4 Å². The first-order valence-corrected chi connectivity index (χ1v) is 22.9. The number of hydrogen-bond acceptors (Lipinski definition) is 10. The standard InChI is InChI=1S/C46H48N8O6S/c55-46(51-61(58,59)35-14-16-39(44(26-35)54(56)57)48-27-29-18-22-60-23-19-29)38-15-11-32(24-42(38)53-43-25-33-17-20-47-45(33)50-40(43)28-49-53)30-9-12-34(13-10-30)52-21-3-6-41(52)37-5-2-1-4-36(37)31-7-8-31/h1-2,4-5,9,11,14-17,20,24-26,28-29,31,34,41,48H,3,6-8,10,12-13,18-19,21-23,27H2,(H,47,50)(H,51,55). The van der Waals surface area contributed by atoms with Gasteiger partial charge in [0, 0.05) is 49.5 Å². The molecule has 0 spiro atoms. The van der Waals surface area contributed by atoms with Gasteiger partial charge in [0.2, 0.25) is 0 Å². The summed E-state index contributed by atoms with van der Waals surface area (Å²) in [4.78, 5) is 35.9. The van der Waals surface area contributed by atoms with E-state index in [-0.39, 0.29) is 17.2 Å². The third-order valence-electron chi connectivity index (χ3n) is 13.1. The average Bonchev–Trinajstić information content (AvgIpc) is 3.61. The van der Waals surface area contributed by atoms with E-state index in [1.54, 1.807) is 23.1 Å². The Morgan fingerprint density at radius 2 is 1.80 bits per heavy atom. The maximum atomic E-state index is 14.2. The van der Waals surface area contributed by atoms with Gasteiger partial charge in [-0.15, -0.1) is 0 Å². The molecule has 3 N–H and O–H groups in total. The van der Waals surface area contributed by atoms with Gasteiger partial charge in [-0.2, -0.15) is 5.10 Å². The van der Waals surface area contributed by atoms with E-state index in [0.29, 0.717) is 60.1 Å². The Balaban J connectivity index is 0.939. The summed E-state index contributed by atoms with van der Waals surface area (Å²) in [6.45, 7) is 2.85. The lowest BCUT2D eigenvalue weighted by Crippen LogP contribution is -2.36. The summed E-state index contributed by atoms with van der Waals surface area (Å²) in [5, 5.41) is 20.8. The molecule has 61 heavy (non-hydrogen) atoms. The van der Waals surface area contributed by atoms with Gasteiger partial charge in [0.1, 0.15) is 16.9 Å². The number of nitrogens with one attached hydrogen (secondary N) is 3. The number of allylic oxidation sites excluding steroid dienone is 1. The number of nitro groups is 1. The molecular weight excluding hydrogens is 793 g/mol. The topological polar surface area (TPSA) is 177 Å². The van der Waals surface area contributed by atoms with E-state index >= 15 is 0 Å². The largest absolute Gasteiger partial charge is 0.381 e. The van der Waals surface area contributed by atoms with Crippen molar-refractivity contribution in [2.24, 2.45) is 5.92 Å². The summed E-state index contributed by atoms with van der Waals surface area (Å²) < 4.78 is 36.9. The number of benzene rings is 3. The lowest BCUT2D eigenvalue weighted by Gasteiger charge is -2.36. The Kier molecular flexibility index (Phi) is 10.4. The molecule has 4 aliphatic rings. The smallest absolute Gasteiger partial charge is 0.293 e. The Morgan fingerprint density at radius 1 is 0.967 bits per heavy atom. The summed E-state index contributed by atoms with van der Waals surface area (Å²) in [5.74, 6) is 0.0901. The van der Waals surface area contributed by atoms with E-state index in [9.17, 15) is 23.3 Å². The number of H-pyrrole nitrogens is 1. The van der Waals surface area contributed by atoms with E-state index < -0.39 is 31.4 Å². The Bertz CT molecular complexity index is 2800. The minimum Gasteiger partial charge on any atom is -0.381 e. The second-order valence-electron chi connectivity index (χ2n) is 16.9. The molecule has 15 heteroatoms. The van der Waals surface area contributed by atoms with E-state index in [0.717, 1.165) is 61.2 Å². The van der Waals surface area contributed by atoms with Crippen LogP contribution in [0.25, 0.3) is 33.3 Å². The number of hydrogen-bond donors (Lipinski definition) is 3. The van der Waals surface area contributed by atoms with Gasteiger partial charge in [-0.3, -0.25) is 19.8 Å². The quantitative estimate of drug-likeness (QED) is 0.0801. The van der Waals surface area contributed by atoms with E-state index in [1.165, 1.54) is 48.9 Å². The second-order valence-corrected chi connectivity index (χ2v) is 18.5. The zero-order chi connectivity index (χ0) is 41.7. The number of aromatic amines is 1. The molecule has 2 atom stereocenters. The fourth-order valence-electron chi connectivity index (χ4n) is 9.66. The third-order valence-corrected chi connectivity index (χ3v) is 14.4. The van der Waals surface area contributed by atoms with Gasteiger partial charge in [0.25, 0.3) is 21.6 Å². The van der Waals surface area contributed by atoms with Crippen LogP contribution >= 0.6 is 0 Å². The molecule has 0 radical (unpaired) electrons. The van der Waals surface area contributed by atoms with Crippen LogP contribution < -0.4 is 10.0 Å². The first-order chi connectivity index (χ1) is 29.7. The Morgan fingerprint density at radius 3 is 2.59 bits per heavy atom. The summed E-state index contributed by atoms with van der Waals surface area (Å²) in [5.41, 5.74) is 7.31. The third kappa shape index (κ3) is 7.81. The molecule has 2 aliphatic carbocycles. The molecule has 6 aromatic rings. The van der Waals surface area contributed by atoms with Crippen LogP contribution in [-0.4, -0.2) is 76.2 Å². The van der Waals surface area contributed by atoms with Crippen LogP contribution in [0.4, 0.5) is 11.4 Å². The Labute approximate surface area is 353 Å². The number of pyridine rings is 1. The maximum absolute atomic E-state index is 14.2. The molecule has 2 aliphatic heterocycles. The summed E-state index contributed by atoms with van der Waals surface area (Å²) in [7, 11) is -4.55. The first kappa shape index (κ1) is 39.2. The van der Waals surface area contributed by atoms with E-state index in [4.69, 9.17) is 9.72 Å². The van der Waals surface area contributed by atoms with Crippen LogP contribution in [0, 0.1) is 16.0 Å². The molecule has 3 aromatic carbocycles. The molecule has 0 bridgehead atoms. The van der Waals surface area contributed by atoms with Gasteiger partial charge >= 0.3 is 0 Å². The predicted octanol–water partition coefficient (Wildman–Crippen LogP) is 8.42. The van der Waals surface area contributed by atoms with Crippen molar-refractivity contribution >= 4 is 54.9 Å². The fourth-order valence-corrected chi connectivity index (χ4v) is 10.6. The number of aromatic nitrogens is 4. The minimum absolute atomic E-state index is 0.0688. The SMILES string of the molecule is O=C(NS(=O)(=O)c1ccc(NCC2CCOCC2)c([N+](=O)[O-])c1)c1ccc(C2=CCC(N3CCCC3c3ccccc3C3CC3)CC2)cc1-n1ncc2nc3[nH]ccc3cc21. The maximum Gasteiger partial charge on any atom is 0.293 e. The molecule has 3 aromatic heterocycles. The highest BCUT2D eigenvalue weighted by Crippen LogP contribution is 2.47. The molecule has 14 nitrogen and oxygen atoms in total. The Hall–Kier alpha value is -5.90. The first-order valence-electron chi connectivity index (χ1n) is 21.4. The van der Waals surface area contributed by atoms with Crippen LogP contribution in [-0.2, 0) is 14.8 Å². The van der Waals surface area contributed by atoms with Gasteiger partial charge in [0.15, 0.2) is 0 Å². The van der Waals surface area contributed by atoms with E-state index in [1.807, 2.05) is 24.3 Å². The zero-order valence-corrected chi connectivity index (χ0v) is 34.6. The number of anilines is 1. The minimum atomic E-state index is -4.55. The number of nitrogens with zero attached hydrogens (tertiary/aromatic N) is 5. The van der Waals surface area contributed by atoms with Crippen LogP contribution in [0.5, 0.6) is 0 Å². The number of nitro benzene ring substituents is 1. The number of carbonyl (C=O) groups is 1. The molecule has 2 saturated heterocycles. The normalized spacial score (nSPS) is 20.2. The molecule has 3 fully saturated rings. The van der Waals surface area contributed by atoms with Crippen LogP contribution in [0.3, 0.4) is 0 Å². The van der Waals surface area contributed by atoms with Crippen molar-refractivity contribution in [2.45, 2.75) is 80.7 Å². The number of likely N-dealkylation sites (tertiary alicyclic amines) is 1. The number of ether oxygens (including phenoxy) is 1. The molecule has 5 heterocycles. The van der Waals surface area contributed by atoms with Crippen LogP contribution in [0.1, 0.15) is 96.8 Å². The summed E-state index contributed by atoms with van der Waals surface area (Å²) in [6, 6.07) is 22.8. The van der Waals surface area contributed by atoms with Gasteiger partial charge in [-0.05, 0) is 135 Å². The van der Waals surface area contributed by atoms with Gasteiger partial charge in [-0.25, -0.2) is 22.8 Å².